The summed E-state index contributed by atoms with van der Waals surface area (Å²) in [4.78, 5) is 12.8. The molecule has 0 spiro atoms. The maximum atomic E-state index is 13.5. The van der Waals surface area contributed by atoms with Crippen LogP contribution < -0.4 is 19.1 Å². The second-order valence-corrected chi connectivity index (χ2v) is 9.71. The molecule has 0 aromatic heterocycles. The minimum Gasteiger partial charge on any atom is -0.490 e. The fraction of sp³-hybridized carbons (Fsp3) is 0.160. The van der Waals surface area contributed by atoms with Gasteiger partial charge in [-0.2, -0.15) is 0 Å². The van der Waals surface area contributed by atoms with E-state index in [-0.39, 0.29) is 22.0 Å². The van der Waals surface area contributed by atoms with Gasteiger partial charge in [0.15, 0.2) is 11.5 Å². The minimum atomic E-state index is -4.08. The number of anilines is 2. The quantitative estimate of drug-likeness (QED) is 0.456. The summed E-state index contributed by atoms with van der Waals surface area (Å²) in [6.45, 7) is 4.78. The van der Waals surface area contributed by atoms with E-state index in [0.29, 0.717) is 36.1 Å². The number of sulfonamides is 1. The van der Waals surface area contributed by atoms with Crippen LogP contribution in [0.1, 0.15) is 16.8 Å². The molecule has 176 valence electrons. The van der Waals surface area contributed by atoms with Crippen LogP contribution in [0.2, 0.25) is 5.02 Å². The van der Waals surface area contributed by atoms with Crippen molar-refractivity contribution in [2.75, 3.05) is 29.4 Å². The number of benzene rings is 3. The SMILES string of the molecule is C=CCN(c1ccccc1)S(=O)(=O)c1cc(C(=O)Nc2ccc3c(c2)OCCCO3)ccc1Cl. The lowest BCUT2D eigenvalue weighted by molar-refractivity contribution is 0.102. The summed E-state index contributed by atoms with van der Waals surface area (Å²) in [5.74, 6) is 0.661. The molecule has 3 aromatic carbocycles. The topological polar surface area (TPSA) is 84.9 Å². The molecule has 0 radical (unpaired) electrons. The highest BCUT2D eigenvalue weighted by Gasteiger charge is 2.27. The number of fused-ring (bicyclic) bond motifs is 1. The Kier molecular flexibility index (Phi) is 7.09. The third-order valence-electron chi connectivity index (χ3n) is 5.11. The van der Waals surface area contributed by atoms with E-state index < -0.39 is 15.9 Å². The molecule has 4 rings (SSSR count). The number of para-hydroxylation sites is 1. The second kappa shape index (κ2) is 10.2. The van der Waals surface area contributed by atoms with Crippen molar-refractivity contribution < 1.29 is 22.7 Å². The Morgan fingerprint density at radius 3 is 2.50 bits per heavy atom. The molecule has 1 amide bonds. The van der Waals surface area contributed by atoms with E-state index in [0.717, 1.165) is 6.42 Å². The van der Waals surface area contributed by atoms with Crippen LogP contribution in [0.5, 0.6) is 11.5 Å². The zero-order chi connectivity index (χ0) is 24.1. The van der Waals surface area contributed by atoms with Crippen LogP contribution in [-0.2, 0) is 10.0 Å². The van der Waals surface area contributed by atoms with Gasteiger partial charge in [0.2, 0.25) is 0 Å². The number of hydrogen-bond acceptors (Lipinski definition) is 5. The van der Waals surface area contributed by atoms with Gasteiger partial charge >= 0.3 is 0 Å². The first-order valence-corrected chi connectivity index (χ1v) is 12.4. The first-order valence-electron chi connectivity index (χ1n) is 10.6. The zero-order valence-corrected chi connectivity index (χ0v) is 19.8. The number of amides is 1. The zero-order valence-electron chi connectivity index (χ0n) is 18.2. The predicted octanol–water partition coefficient (Wildman–Crippen LogP) is 5.13. The Balaban J connectivity index is 1.63. The molecule has 9 heteroatoms. The van der Waals surface area contributed by atoms with E-state index >= 15 is 0 Å². The Morgan fingerprint density at radius 2 is 1.76 bits per heavy atom. The van der Waals surface area contributed by atoms with Crippen molar-refractivity contribution in [1.82, 2.24) is 0 Å². The van der Waals surface area contributed by atoms with Gasteiger partial charge in [-0.15, -0.1) is 6.58 Å². The Morgan fingerprint density at radius 1 is 1.03 bits per heavy atom. The van der Waals surface area contributed by atoms with Gasteiger partial charge in [-0.1, -0.05) is 35.9 Å². The number of hydrogen-bond donors (Lipinski definition) is 1. The van der Waals surface area contributed by atoms with Gasteiger partial charge in [-0.3, -0.25) is 9.10 Å². The van der Waals surface area contributed by atoms with Gasteiger partial charge in [0.1, 0.15) is 4.90 Å². The molecule has 1 aliphatic heterocycles. The summed E-state index contributed by atoms with van der Waals surface area (Å²) >= 11 is 6.28. The molecule has 0 saturated carbocycles. The van der Waals surface area contributed by atoms with Crippen molar-refractivity contribution in [1.29, 1.82) is 0 Å². The summed E-state index contributed by atoms with van der Waals surface area (Å²) in [7, 11) is -4.08. The molecule has 0 saturated heterocycles. The number of carbonyl (C=O) groups is 1. The van der Waals surface area contributed by atoms with Gasteiger partial charge < -0.3 is 14.8 Å². The molecular weight excluding hydrogens is 476 g/mol. The van der Waals surface area contributed by atoms with Gasteiger partial charge in [-0.25, -0.2) is 8.42 Å². The molecule has 1 heterocycles. The van der Waals surface area contributed by atoms with Crippen LogP contribution in [0.3, 0.4) is 0 Å². The third kappa shape index (κ3) is 5.03. The normalized spacial score (nSPS) is 13.0. The van der Waals surface area contributed by atoms with Gasteiger partial charge in [0.25, 0.3) is 15.9 Å². The van der Waals surface area contributed by atoms with Crippen LogP contribution in [0.4, 0.5) is 11.4 Å². The summed E-state index contributed by atoms with van der Waals surface area (Å²) < 4.78 is 39.5. The highest BCUT2D eigenvalue weighted by Crippen LogP contribution is 2.33. The smallest absolute Gasteiger partial charge is 0.266 e. The molecule has 0 fully saturated rings. The van der Waals surface area contributed by atoms with Crippen LogP contribution in [0.25, 0.3) is 0 Å². The predicted molar refractivity (Wildman–Crippen MR) is 133 cm³/mol. The molecular formula is C25H23ClN2O5S. The van der Waals surface area contributed by atoms with Gasteiger partial charge in [-0.05, 0) is 42.5 Å². The highest BCUT2D eigenvalue weighted by atomic mass is 35.5. The van der Waals surface area contributed by atoms with E-state index in [4.69, 9.17) is 21.1 Å². The number of halogens is 1. The lowest BCUT2D eigenvalue weighted by Crippen LogP contribution is -2.31. The Hall–Kier alpha value is -3.49. The molecule has 1 aliphatic rings. The molecule has 0 aliphatic carbocycles. The molecule has 0 atom stereocenters. The van der Waals surface area contributed by atoms with E-state index in [1.165, 1.54) is 28.6 Å². The fourth-order valence-corrected chi connectivity index (χ4v) is 5.40. The molecule has 34 heavy (non-hydrogen) atoms. The first kappa shape index (κ1) is 23.7. The third-order valence-corrected chi connectivity index (χ3v) is 7.38. The second-order valence-electron chi connectivity index (χ2n) is 7.47. The summed E-state index contributed by atoms with van der Waals surface area (Å²) in [6.07, 6.45) is 2.25. The lowest BCUT2D eigenvalue weighted by atomic mass is 10.2. The van der Waals surface area contributed by atoms with E-state index in [2.05, 4.69) is 11.9 Å². The number of carbonyl (C=O) groups excluding carboxylic acids is 1. The lowest BCUT2D eigenvalue weighted by Gasteiger charge is -2.24. The Bertz CT molecular complexity index is 1310. The standard InChI is InChI=1S/C25H23ClN2O5S/c1-2-13-28(20-7-4-3-5-8-20)34(30,31)24-16-18(9-11-21(24)26)25(29)27-19-10-12-22-23(17-19)33-15-6-14-32-22/h2-5,7-12,16-17H,1,6,13-15H2,(H,27,29). The van der Waals surface area contributed by atoms with Crippen LogP contribution in [-0.4, -0.2) is 34.1 Å². The van der Waals surface area contributed by atoms with E-state index in [9.17, 15) is 13.2 Å². The van der Waals surface area contributed by atoms with E-state index in [1.807, 2.05) is 0 Å². The number of nitrogens with one attached hydrogen (secondary N) is 1. The summed E-state index contributed by atoms with van der Waals surface area (Å²) in [5.41, 5.74) is 1.09. The van der Waals surface area contributed by atoms with Gasteiger partial charge in [0.05, 0.1) is 30.5 Å². The van der Waals surface area contributed by atoms with E-state index in [1.54, 1.807) is 48.5 Å². The minimum absolute atomic E-state index is 0.0112. The monoisotopic (exact) mass is 498 g/mol. The summed E-state index contributed by atoms with van der Waals surface area (Å²) in [5, 5.41) is 2.78. The number of rotatable bonds is 7. The van der Waals surface area contributed by atoms with Gasteiger partial charge in [0, 0.05) is 23.7 Å². The first-order chi connectivity index (χ1) is 16.4. The maximum absolute atomic E-state index is 13.5. The number of nitrogens with zero attached hydrogens (tertiary/aromatic N) is 1. The highest BCUT2D eigenvalue weighted by molar-refractivity contribution is 7.93. The fourth-order valence-electron chi connectivity index (χ4n) is 3.46. The van der Waals surface area contributed by atoms with Crippen molar-refractivity contribution >= 4 is 38.9 Å². The Labute approximate surface area is 203 Å². The van der Waals surface area contributed by atoms with Crippen molar-refractivity contribution in [2.45, 2.75) is 11.3 Å². The van der Waals surface area contributed by atoms with Crippen molar-refractivity contribution in [2.24, 2.45) is 0 Å². The molecule has 7 nitrogen and oxygen atoms in total. The molecule has 0 unspecified atom stereocenters. The molecule has 1 N–H and O–H groups in total. The average Bonchev–Trinajstić information content (AvgIpc) is 3.08. The molecule has 3 aromatic rings. The number of ether oxygens (including phenoxy) is 2. The maximum Gasteiger partial charge on any atom is 0.266 e. The largest absolute Gasteiger partial charge is 0.490 e. The summed E-state index contributed by atoms with van der Waals surface area (Å²) in [6, 6.07) is 17.9. The van der Waals surface area contributed by atoms with Crippen LogP contribution in [0.15, 0.2) is 84.3 Å². The van der Waals surface area contributed by atoms with Crippen LogP contribution >= 0.6 is 11.6 Å². The average molecular weight is 499 g/mol. The van der Waals surface area contributed by atoms with Crippen molar-refractivity contribution in [3.63, 3.8) is 0 Å². The molecule has 0 bridgehead atoms. The van der Waals surface area contributed by atoms with Crippen molar-refractivity contribution in [3.8, 4) is 11.5 Å². The van der Waals surface area contributed by atoms with Crippen LogP contribution in [0, 0.1) is 0 Å². The van der Waals surface area contributed by atoms with Crippen molar-refractivity contribution in [3.05, 3.63) is 90.0 Å².